The smallest absolute Gasteiger partial charge is 0.234 e. The topological polar surface area (TPSA) is 71.1 Å². The number of rotatable bonds is 6. The van der Waals surface area contributed by atoms with Crippen LogP contribution in [0.15, 0.2) is 24.4 Å². The summed E-state index contributed by atoms with van der Waals surface area (Å²) >= 11 is 0. The number of nitrogens with zero attached hydrogens (tertiary/aromatic N) is 1. The van der Waals surface area contributed by atoms with Gasteiger partial charge in [-0.3, -0.25) is 14.6 Å². The molecule has 1 radical (unpaired) electrons. The number of carbonyl (C=O) groups is 1. The largest absolute Gasteiger partial charge is 0.347 e. The van der Waals surface area contributed by atoms with Crippen molar-refractivity contribution < 1.29 is 9.59 Å². The fourth-order valence-electron chi connectivity index (χ4n) is 1.00. The van der Waals surface area contributed by atoms with Crippen molar-refractivity contribution in [2.45, 2.75) is 6.54 Å². The summed E-state index contributed by atoms with van der Waals surface area (Å²) < 4.78 is 0. The lowest BCUT2D eigenvalue weighted by Crippen LogP contribution is -2.34. The molecular formula is C10H12N3O2. The maximum Gasteiger partial charge on any atom is 0.234 e. The summed E-state index contributed by atoms with van der Waals surface area (Å²) in [7, 11) is 0. The number of amides is 1. The molecule has 5 nitrogen and oxygen atoms in total. The van der Waals surface area contributed by atoms with Gasteiger partial charge in [0.15, 0.2) is 0 Å². The van der Waals surface area contributed by atoms with Gasteiger partial charge in [0.25, 0.3) is 0 Å². The zero-order valence-corrected chi connectivity index (χ0v) is 8.19. The maximum atomic E-state index is 11.0. The van der Waals surface area contributed by atoms with Crippen molar-refractivity contribution in [3.63, 3.8) is 0 Å². The van der Waals surface area contributed by atoms with Crippen LogP contribution in [-0.2, 0) is 16.1 Å². The minimum Gasteiger partial charge on any atom is -0.347 e. The molecule has 1 aromatic heterocycles. The van der Waals surface area contributed by atoms with E-state index in [9.17, 15) is 9.59 Å². The Morgan fingerprint density at radius 2 is 2.33 bits per heavy atom. The minimum absolute atomic E-state index is 0.0654. The number of carbonyl (C=O) groups excluding carboxylic acids is 2. The lowest BCUT2D eigenvalue weighted by atomic mass is 10.3. The number of hydrogen-bond donors (Lipinski definition) is 2. The monoisotopic (exact) mass is 206 g/mol. The van der Waals surface area contributed by atoms with Gasteiger partial charge in [0, 0.05) is 12.7 Å². The van der Waals surface area contributed by atoms with Crippen molar-refractivity contribution in [1.82, 2.24) is 15.6 Å². The molecule has 0 spiro atoms. The third-order valence-corrected chi connectivity index (χ3v) is 1.68. The lowest BCUT2D eigenvalue weighted by molar-refractivity contribution is -0.120. The van der Waals surface area contributed by atoms with E-state index in [1.165, 1.54) is 0 Å². The second-order valence-corrected chi connectivity index (χ2v) is 2.85. The molecule has 0 atom stereocenters. The summed E-state index contributed by atoms with van der Waals surface area (Å²) in [6.07, 6.45) is 3.28. The van der Waals surface area contributed by atoms with Gasteiger partial charge in [-0.1, -0.05) is 6.07 Å². The molecule has 2 N–H and O–H groups in total. The van der Waals surface area contributed by atoms with E-state index >= 15 is 0 Å². The van der Waals surface area contributed by atoms with Crippen LogP contribution in [0.3, 0.4) is 0 Å². The number of pyridine rings is 1. The van der Waals surface area contributed by atoms with Gasteiger partial charge < -0.3 is 10.6 Å². The molecule has 0 unspecified atom stereocenters. The van der Waals surface area contributed by atoms with Crippen LogP contribution in [-0.4, -0.2) is 30.3 Å². The minimum atomic E-state index is -0.228. The molecule has 1 amide bonds. The van der Waals surface area contributed by atoms with Crippen LogP contribution >= 0.6 is 0 Å². The first-order chi connectivity index (χ1) is 7.33. The maximum absolute atomic E-state index is 11.0. The van der Waals surface area contributed by atoms with Crippen LogP contribution in [0.5, 0.6) is 0 Å². The van der Waals surface area contributed by atoms with Crippen LogP contribution in [0.4, 0.5) is 0 Å². The van der Waals surface area contributed by atoms with Crippen LogP contribution in [0.2, 0.25) is 0 Å². The molecule has 1 aromatic rings. The second-order valence-electron chi connectivity index (χ2n) is 2.85. The van der Waals surface area contributed by atoms with E-state index in [2.05, 4.69) is 15.6 Å². The normalized spacial score (nSPS) is 9.60. The molecule has 15 heavy (non-hydrogen) atoms. The third-order valence-electron chi connectivity index (χ3n) is 1.68. The summed E-state index contributed by atoms with van der Waals surface area (Å²) in [5, 5.41) is 5.28. The van der Waals surface area contributed by atoms with Gasteiger partial charge in [-0.2, -0.15) is 0 Å². The van der Waals surface area contributed by atoms with Gasteiger partial charge in [-0.25, -0.2) is 0 Å². The zero-order valence-electron chi connectivity index (χ0n) is 8.19. The van der Waals surface area contributed by atoms with Gasteiger partial charge in [0.05, 0.1) is 18.8 Å². The Bertz CT molecular complexity index is 314. The highest BCUT2D eigenvalue weighted by molar-refractivity contribution is 5.80. The molecule has 0 aliphatic carbocycles. The molecular weight excluding hydrogens is 194 g/mol. The van der Waals surface area contributed by atoms with Gasteiger partial charge in [-0.15, -0.1) is 0 Å². The summed E-state index contributed by atoms with van der Waals surface area (Å²) in [5.74, 6) is -0.228. The molecule has 0 aromatic carbocycles. The summed E-state index contributed by atoms with van der Waals surface area (Å²) in [4.78, 5) is 24.9. The standard InChI is InChI=1S/C10H12N3O2/c14-6-5-13-10(15)8-11-7-9-3-1-2-4-12-9/h1-4,11H,5,7-8H2,(H,13,15). The van der Waals surface area contributed by atoms with E-state index < -0.39 is 0 Å². The molecule has 0 bridgehead atoms. The van der Waals surface area contributed by atoms with E-state index in [0.29, 0.717) is 6.54 Å². The highest BCUT2D eigenvalue weighted by Gasteiger charge is 1.99. The summed E-state index contributed by atoms with van der Waals surface area (Å²) in [6, 6.07) is 5.58. The van der Waals surface area contributed by atoms with Crippen molar-refractivity contribution in [1.29, 1.82) is 0 Å². The molecule has 0 saturated heterocycles. The van der Waals surface area contributed by atoms with E-state index in [1.54, 1.807) is 12.5 Å². The fourth-order valence-corrected chi connectivity index (χ4v) is 1.00. The first-order valence-corrected chi connectivity index (χ1v) is 4.55. The quantitative estimate of drug-likeness (QED) is 0.652. The Hall–Kier alpha value is -1.75. The van der Waals surface area contributed by atoms with Crippen molar-refractivity contribution in [2.24, 2.45) is 0 Å². The highest BCUT2D eigenvalue weighted by Crippen LogP contribution is 1.90. The Morgan fingerprint density at radius 3 is 3.00 bits per heavy atom. The first kappa shape index (κ1) is 11.3. The lowest BCUT2D eigenvalue weighted by Gasteiger charge is -2.03. The predicted octanol–water partition coefficient (Wildman–Crippen LogP) is -0.603. The molecule has 0 fully saturated rings. The average Bonchev–Trinajstić information content (AvgIpc) is 2.28. The fraction of sp³-hybridized carbons (Fsp3) is 0.300. The number of hydrogen-bond acceptors (Lipinski definition) is 4. The number of nitrogens with one attached hydrogen (secondary N) is 2. The van der Waals surface area contributed by atoms with Crippen molar-refractivity contribution in [2.75, 3.05) is 13.1 Å². The molecule has 1 rings (SSSR count). The average molecular weight is 206 g/mol. The van der Waals surface area contributed by atoms with E-state index in [-0.39, 0.29) is 19.0 Å². The Morgan fingerprint density at radius 1 is 1.47 bits per heavy atom. The number of aromatic nitrogens is 1. The predicted molar refractivity (Wildman–Crippen MR) is 54.6 cm³/mol. The molecule has 79 valence electrons. The van der Waals surface area contributed by atoms with Crippen molar-refractivity contribution in [3.05, 3.63) is 30.1 Å². The second kappa shape index (κ2) is 6.67. The van der Waals surface area contributed by atoms with Crippen LogP contribution in [0.25, 0.3) is 0 Å². The molecule has 1 heterocycles. The Balaban J connectivity index is 2.16. The van der Waals surface area contributed by atoms with Crippen LogP contribution < -0.4 is 10.6 Å². The Labute approximate surface area is 87.9 Å². The zero-order chi connectivity index (χ0) is 10.9. The van der Waals surface area contributed by atoms with Gasteiger partial charge in [0.2, 0.25) is 12.2 Å². The first-order valence-electron chi connectivity index (χ1n) is 4.55. The van der Waals surface area contributed by atoms with Gasteiger partial charge in [-0.05, 0) is 12.1 Å². The van der Waals surface area contributed by atoms with E-state index in [4.69, 9.17) is 0 Å². The van der Waals surface area contributed by atoms with E-state index in [1.807, 2.05) is 18.2 Å². The van der Waals surface area contributed by atoms with Crippen molar-refractivity contribution in [3.8, 4) is 0 Å². The molecule has 0 aliphatic rings. The van der Waals surface area contributed by atoms with Crippen molar-refractivity contribution >= 4 is 12.2 Å². The van der Waals surface area contributed by atoms with Crippen LogP contribution in [0.1, 0.15) is 5.69 Å². The molecule has 5 heteroatoms. The molecule has 0 aliphatic heterocycles. The third kappa shape index (κ3) is 4.87. The van der Waals surface area contributed by atoms with Gasteiger partial charge >= 0.3 is 0 Å². The van der Waals surface area contributed by atoms with Gasteiger partial charge in [0.1, 0.15) is 0 Å². The highest BCUT2D eigenvalue weighted by atomic mass is 16.2. The molecule has 0 saturated carbocycles. The SMILES string of the molecule is O=[C]CNC(=O)CNCc1ccccn1. The summed E-state index contributed by atoms with van der Waals surface area (Å²) in [5.41, 5.74) is 0.868. The summed E-state index contributed by atoms with van der Waals surface area (Å²) in [6.45, 7) is 0.626. The Kier molecular flexibility index (Phi) is 5.03. The van der Waals surface area contributed by atoms with Crippen LogP contribution in [0, 0.1) is 0 Å². The van der Waals surface area contributed by atoms with E-state index in [0.717, 1.165) is 5.69 Å².